The molecule has 1 aliphatic heterocycles. The Balaban J connectivity index is 2.05. The monoisotopic (exact) mass is 355 g/mol. The van der Waals surface area contributed by atoms with Crippen LogP contribution in [0.15, 0.2) is 22.7 Å². The molecular formula is C15H18BrNO4. The number of ether oxygens (including phenoxy) is 1. The SMILES string of the molecule is Cc1ccc(CC(=O)N2CC(C(=O)O)O[C@H](C)C2)cc1Br. The van der Waals surface area contributed by atoms with E-state index in [1.807, 2.05) is 25.1 Å². The molecule has 1 unspecified atom stereocenters. The fraction of sp³-hybridized carbons (Fsp3) is 0.467. The van der Waals surface area contributed by atoms with Crippen LogP contribution in [0.25, 0.3) is 0 Å². The first-order valence-corrected chi connectivity index (χ1v) is 7.57. The molecule has 1 aromatic rings. The number of aliphatic carboxylic acids is 1. The van der Waals surface area contributed by atoms with Crippen LogP contribution in [0, 0.1) is 6.92 Å². The van der Waals surface area contributed by atoms with E-state index in [0.717, 1.165) is 15.6 Å². The lowest BCUT2D eigenvalue weighted by Gasteiger charge is -2.35. The molecule has 1 fully saturated rings. The van der Waals surface area contributed by atoms with Gasteiger partial charge >= 0.3 is 5.97 Å². The van der Waals surface area contributed by atoms with Gasteiger partial charge in [0.25, 0.3) is 0 Å². The van der Waals surface area contributed by atoms with Gasteiger partial charge in [-0.1, -0.05) is 28.1 Å². The maximum atomic E-state index is 12.3. The lowest BCUT2D eigenvalue weighted by atomic mass is 10.1. The van der Waals surface area contributed by atoms with Crippen LogP contribution in [0.4, 0.5) is 0 Å². The number of rotatable bonds is 3. The molecule has 1 aliphatic rings. The first kappa shape index (κ1) is 16.0. The molecule has 114 valence electrons. The molecule has 1 N–H and O–H groups in total. The minimum atomic E-state index is -1.03. The molecule has 0 aromatic heterocycles. The molecule has 2 rings (SSSR count). The Morgan fingerprint density at radius 1 is 1.43 bits per heavy atom. The highest BCUT2D eigenvalue weighted by Crippen LogP contribution is 2.19. The van der Waals surface area contributed by atoms with Crippen molar-refractivity contribution in [1.82, 2.24) is 4.90 Å². The highest BCUT2D eigenvalue weighted by atomic mass is 79.9. The Bertz CT molecular complexity index is 561. The summed E-state index contributed by atoms with van der Waals surface area (Å²) >= 11 is 3.45. The summed E-state index contributed by atoms with van der Waals surface area (Å²) in [6.45, 7) is 4.29. The van der Waals surface area contributed by atoms with Crippen molar-refractivity contribution in [3.05, 3.63) is 33.8 Å². The molecule has 0 bridgehead atoms. The van der Waals surface area contributed by atoms with Crippen LogP contribution >= 0.6 is 15.9 Å². The van der Waals surface area contributed by atoms with E-state index < -0.39 is 12.1 Å². The molecule has 1 heterocycles. The number of carboxylic acids is 1. The van der Waals surface area contributed by atoms with Gasteiger partial charge in [0.1, 0.15) is 0 Å². The normalized spacial score (nSPS) is 22.1. The first-order chi connectivity index (χ1) is 9.86. The van der Waals surface area contributed by atoms with Crippen molar-refractivity contribution in [2.45, 2.75) is 32.5 Å². The second kappa shape index (κ2) is 6.58. The smallest absolute Gasteiger partial charge is 0.334 e. The minimum Gasteiger partial charge on any atom is -0.479 e. The van der Waals surface area contributed by atoms with Gasteiger partial charge in [-0.05, 0) is 31.0 Å². The van der Waals surface area contributed by atoms with Crippen molar-refractivity contribution in [1.29, 1.82) is 0 Å². The average molecular weight is 356 g/mol. The Kier molecular flexibility index (Phi) is 5.00. The quantitative estimate of drug-likeness (QED) is 0.900. The van der Waals surface area contributed by atoms with E-state index in [0.29, 0.717) is 6.54 Å². The molecule has 1 aromatic carbocycles. The third-order valence-electron chi connectivity index (χ3n) is 3.48. The maximum absolute atomic E-state index is 12.3. The molecule has 0 aliphatic carbocycles. The van der Waals surface area contributed by atoms with Gasteiger partial charge in [-0.3, -0.25) is 4.79 Å². The van der Waals surface area contributed by atoms with E-state index in [1.165, 1.54) is 0 Å². The van der Waals surface area contributed by atoms with E-state index in [1.54, 1.807) is 11.8 Å². The lowest BCUT2D eigenvalue weighted by Crippen LogP contribution is -2.52. The van der Waals surface area contributed by atoms with E-state index in [9.17, 15) is 9.59 Å². The molecule has 1 amide bonds. The van der Waals surface area contributed by atoms with Crippen molar-refractivity contribution in [3.8, 4) is 0 Å². The summed E-state index contributed by atoms with van der Waals surface area (Å²) in [5, 5.41) is 9.04. The van der Waals surface area contributed by atoms with Crippen molar-refractivity contribution in [3.63, 3.8) is 0 Å². The molecule has 1 saturated heterocycles. The van der Waals surface area contributed by atoms with Crippen LogP contribution in [-0.4, -0.2) is 47.2 Å². The van der Waals surface area contributed by atoms with Gasteiger partial charge in [0.2, 0.25) is 5.91 Å². The number of nitrogens with zero attached hydrogens (tertiary/aromatic N) is 1. The second-order valence-electron chi connectivity index (χ2n) is 5.33. The van der Waals surface area contributed by atoms with Gasteiger partial charge in [0.15, 0.2) is 6.10 Å². The molecule has 0 radical (unpaired) electrons. The zero-order valence-electron chi connectivity index (χ0n) is 12.0. The van der Waals surface area contributed by atoms with Crippen LogP contribution in [0.2, 0.25) is 0 Å². The zero-order valence-corrected chi connectivity index (χ0v) is 13.6. The number of halogens is 1. The van der Waals surface area contributed by atoms with Gasteiger partial charge in [-0.15, -0.1) is 0 Å². The fourth-order valence-corrected chi connectivity index (χ4v) is 2.75. The molecule has 2 atom stereocenters. The highest BCUT2D eigenvalue weighted by Gasteiger charge is 2.32. The number of carbonyl (C=O) groups excluding carboxylic acids is 1. The van der Waals surface area contributed by atoms with Gasteiger partial charge in [-0.25, -0.2) is 4.79 Å². The molecular weight excluding hydrogens is 338 g/mol. The Morgan fingerprint density at radius 2 is 2.14 bits per heavy atom. The standard InChI is InChI=1S/C15H18BrNO4/c1-9-3-4-11(5-12(9)16)6-14(18)17-7-10(2)21-13(8-17)15(19)20/h3-5,10,13H,6-8H2,1-2H3,(H,19,20)/t10-,13?/m1/s1. The van der Waals surface area contributed by atoms with Crippen molar-refractivity contribution >= 4 is 27.8 Å². The van der Waals surface area contributed by atoms with E-state index in [2.05, 4.69) is 15.9 Å². The molecule has 6 heteroatoms. The van der Waals surface area contributed by atoms with Crippen molar-refractivity contribution < 1.29 is 19.4 Å². The van der Waals surface area contributed by atoms with Crippen LogP contribution in [0.1, 0.15) is 18.1 Å². The molecule has 5 nitrogen and oxygen atoms in total. The summed E-state index contributed by atoms with van der Waals surface area (Å²) in [6.07, 6.45) is -0.950. The van der Waals surface area contributed by atoms with Gasteiger partial charge in [-0.2, -0.15) is 0 Å². The number of amides is 1. The minimum absolute atomic E-state index is 0.0767. The van der Waals surface area contributed by atoms with Crippen LogP contribution in [-0.2, 0) is 20.7 Å². The Hall–Kier alpha value is -1.40. The predicted octanol–water partition coefficient (Wildman–Crippen LogP) is 2.00. The lowest BCUT2D eigenvalue weighted by molar-refractivity contribution is -0.166. The summed E-state index contributed by atoms with van der Waals surface area (Å²) in [6, 6.07) is 5.79. The third kappa shape index (κ3) is 4.04. The number of hydrogen-bond donors (Lipinski definition) is 1. The summed E-state index contributed by atoms with van der Waals surface area (Å²) < 4.78 is 6.28. The molecule has 0 saturated carbocycles. The van der Waals surface area contributed by atoms with Gasteiger partial charge in [0.05, 0.1) is 19.1 Å². The molecule has 21 heavy (non-hydrogen) atoms. The van der Waals surface area contributed by atoms with Crippen LogP contribution in [0.5, 0.6) is 0 Å². The summed E-state index contributed by atoms with van der Waals surface area (Å²) in [7, 11) is 0. The van der Waals surface area contributed by atoms with E-state index in [-0.39, 0.29) is 25.0 Å². The Labute approximate surface area is 132 Å². The highest BCUT2D eigenvalue weighted by molar-refractivity contribution is 9.10. The summed E-state index contributed by atoms with van der Waals surface area (Å²) in [4.78, 5) is 24.9. The average Bonchev–Trinajstić information content (AvgIpc) is 2.42. The number of carboxylic acid groups (broad SMARTS) is 1. The van der Waals surface area contributed by atoms with E-state index in [4.69, 9.17) is 9.84 Å². The van der Waals surface area contributed by atoms with Crippen molar-refractivity contribution in [2.75, 3.05) is 13.1 Å². The maximum Gasteiger partial charge on any atom is 0.334 e. The largest absolute Gasteiger partial charge is 0.479 e. The van der Waals surface area contributed by atoms with Crippen molar-refractivity contribution in [2.24, 2.45) is 0 Å². The first-order valence-electron chi connectivity index (χ1n) is 6.78. The predicted molar refractivity (Wildman–Crippen MR) is 81.1 cm³/mol. The van der Waals surface area contributed by atoms with Crippen LogP contribution in [0.3, 0.4) is 0 Å². The zero-order chi connectivity index (χ0) is 15.6. The number of aryl methyl sites for hydroxylation is 1. The van der Waals surface area contributed by atoms with Gasteiger partial charge < -0.3 is 14.7 Å². The number of morpholine rings is 1. The summed E-state index contributed by atoms with van der Waals surface area (Å²) in [5.41, 5.74) is 2.01. The number of carbonyl (C=O) groups is 2. The fourth-order valence-electron chi connectivity index (χ4n) is 2.32. The topological polar surface area (TPSA) is 66.8 Å². The summed E-state index contributed by atoms with van der Waals surface area (Å²) in [5.74, 6) is -1.11. The van der Waals surface area contributed by atoms with Gasteiger partial charge in [0, 0.05) is 11.0 Å². The van der Waals surface area contributed by atoms with E-state index >= 15 is 0 Å². The third-order valence-corrected chi connectivity index (χ3v) is 4.33. The molecule has 0 spiro atoms. The number of benzene rings is 1. The number of hydrogen-bond acceptors (Lipinski definition) is 3. The second-order valence-corrected chi connectivity index (χ2v) is 6.19. The Morgan fingerprint density at radius 3 is 2.76 bits per heavy atom. The van der Waals surface area contributed by atoms with Crippen LogP contribution < -0.4 is 0 Å².